The molecule has 1 aromatic rings. The summed E-state index contributed by atoms with van der Waals surface area (Å²) >= 11 is 5.77. The molecule has 1 aliphatic rings. The van der Waals surface area contributed by atoms with Crippen LogP contribution in [0.15, 0.2) is 6.07 Å². The standard InChI is InChI=1S/C12H16ClN3O2/c1-7-6-9(15-12(13)14-7)11(17)16(3)10-4-5-18-8(10)2/h6,8,10H,4-5H2,1-3H3. The van der Waals surface area contributed by atoms with Gasteiger partial charge in [-0.3, -0.25) is 4.79 Å². The summed E-state index contributed by atoms with van der Waals surface area (Å²) in [6.07, 6.45) is 0.902. The maximum Gasteiger partial charge on any atom is 0.272 e. The Labute approximate surface area is 111 Å². The molecule has 2 rings (SSSR count). The van der Waals surface area contributed by atoms with Crippen molar-refractivity contribution in [1.82, 2.24) is 14.9 Å². The average Bonchev–Trinajstić information content (AvgIpc) is 2.72. The number of likely N-dealkylation sites (N-methyl/N-ethyl adjacent to an activating group) is 1. The van der Waals surface area contributed by atoms with Crippen molar-refractivity contribution in [3.05, 3.63) is 22.7 Å². The Bertz CT molecular complexity index is 446. The van der Waals surface area contributed by atoms with Crippen molar-refractivity contribution < 1.29 is 9.53 Å². The lowest BCUT2D eigenvalue weighted by molar-refractivity contribution is 0.0569. The smallest absolute Gasteiger partial charge is 0.272 e. The summed E-state index contributed by atoms with van der Waals surface area (Å²) in [5.74, 6) is -0.148. The number of carbonyl (C=O) groups is 1. The number of aromatic nitrogens is 2. The fourth-order valence-electron chi connectivity index (χ4n) is 2.20. The lowest BCUT2D eigenvalue weighted by Crippen LogP contribution is -2.41. The van der Waals surface area contributed by atoms with Gasteiger partial charge in [-0.05, 0) is 37.9 Å². The summed E-state index contributed by atoms with van der Waals surface area (Å²) in [6.45, 7) is 4.44. The second kappa shape index (κ2) is 5.20. The molecule has 2 atom stereocenters. The molecule has 18 heavy (non-hydrogen) atoms. The molecule has 0 saturated carbocycles. The number of amides is 1. The zero-order chi connectivity index (χ0) is 13.3. The molecule has 0 radical (unpaired) electrons. The third kappa shape index (κ3) is 2.62. The van der Waals surface area contributed by atoms with Crippen LogP contribution in [-0.2, 0) is 4.74 Å². The minimum absolute atomic E-state index is 0.0531. The van der Waals surface area contributed by atoms with Gasteiger partial charge < -0.3 is 9.64 Å². The molecule has 1 fully saturated rings. The van der Waals surface area contributed by atoms with Gasteiger partial charge in [0.2, 0.25) is 5.28 Å². The van der Waals surface area contributed by atoms with Crippen LogP contribution in [-0.4, -0.2) is 46.6 Å². The first-order valence-electron chi connectivity index (χ1n) is 5.89. The second-order valence-corrected chi connectivity index (χ2v) is 4.85. The summed E-state index contributed by atoms with van der Waals surface area (Å²) in [4.78, 5) is 21.9. The van der Waals surface area contributed by atoms with E-state index >= 15 is 0 Å². The van der Waals surface area contributed by atoms with Crippen LogP contribution in [0.1, 0.15) is 29.5 Å². The van der Waals surface area contributed by atoms with E-state index in [2.05, 4.69) is 9.97 Å². The Morgan fingerprint density at radius 3 is 2.83 bits per heavy atom. The Morgan fingerprint density at radius 2 is 2.28 bits per heavy atom. The van der Waals surface area contributed by atoms with E-state index in [-0.39, 0.29) is 23.3 Å². The van der Waals surface area contributed by atoms with Gasteiger partial charge in [-0.25, -0.2) is 9.97 Å². The van der Waals surface area contributed by atoms with E-state index in [0.717, 1.165) is 6.42 Å². The topological polar surface area (TPSA) is 55.3 Å². The number of rotatable bonds is 2. The van der Waals surface area contributed by atoms with E-state index in [4.69, 9.17) is 16.3 Å². The number of carbonyl (C=O) groups excluding carboxylic acids is 1. The predicted molar refractivity (Wildman–Crippen MR) is 67.7 cm³/mol. The Morgan fingerprint density at radius 1 is 1.56 bits per heavy atom. The molecular formula is C12H16ClN3O2. The number of nitrogens with zero attached hydrogens (tertiary/aromatic N) is 3. The molecule has 1 amide bonds. The molecule has 5 nitrogen and oxygen atoms in total. The van der Waals surface area contributed by atoms with Gasteiger partial charge in [0.1, 0.15) is 5.69 Å². The quantitative estimate of drug-likeness (QED) is 0.767. The SMILES string of the molecule is Cc1cc(C(=O)N(C)C2CCOC2C)nc(Cl)n1. The average molecular weight is 270 g/mol. The summed E-state index contributed by atoms with van der Waals surface area (Å²) in [6, 6.07) is 1.73. The van der Waals surface area contributed by atoms with E-state index < -0.39 is 0 Å². The van der Waals surface area contributed by atoms with Crippen molar-refractivity contribution in [3.63, 3.8) is 0 Å². The summed E-state index contributed by atoms with van der Waals surface area (Å²) in [5.41, 5.74) is 1.01. The molecule has 0 aliphatic carbocycles. The van der Waals surface area contributed by atoms with Crippen molar-refractivity contribution in [1.29, 1.82) is 0 Å². The van der Waals surface area contributed by atoms with Gasteiger partial charge in [-0.2, -0.15) is 0 Å². The predicted octanol–water partition coefficient (Wildman–Crippen LogP) is 1.69. The third-order valence-corrected chi connectivity index (χ3v) is 3.37. The van der Waals surface area contributed by atoms with Crippen LogP contribution in [0.25, 0.3) is 0 Å². The highest BCUT2D eigenvalue weighted by Crippen LogP contribution is 2.20. The fraction of sp³-hybridized carbons (Fsp3) is 0.583. The van der Waals surface area contributed by atoms with Crippen LogP contribution in [0.4, 0.5) is 0 Å². The highest BCUT2D eigenvalue weighted by molar-refractivity contribution is 6.28. The van der Waals surface area contributed by atoms with Gasteiger partial charge >= 0.3 is 0 Å². The third-order valence-electron chi connectivity index (χ3n) is 3.20. The minimum atomic E-state index is -0.148. The lowest BCUT2D eigenvalue weighted by Gasteiger charge is -2.26. The molecule has 1 saturated heterocycles. The molecule has 1 aliphatic heterocycles. The molecule has 1 aromatic heterocycles. The number of ether oxygens (including phenoxy) is 1. The van der Waals surface area contributed by atoms with E-state index in [0.29, 0.717) is 18.0 Å². The van der Waals surface area contributed by atoms with Crippen molar-refractivity contribution in [3.8, 4) is 0 Å². The molecular weight excluding hydrogens is 254 g/mol. The molecule has 0 bridgehead atoms. The number of hydrogen-bond acceptors (Lipinski definition) is 4. The van der Waals surface area contributed by atoms with Crippen molar-refractivity contribution in [2.24, 2.45) is 0 Å². The number of aryl methyl sites for hydroxylation is 1. The number of hydrogen-bond donors (Lipinski definition) is 0. The van der Waals surface area contributed by atoms with Crippen LogP contribution in [0.3, 0.4) is 0 Å². The summed E-state index contributed by atoms with van der Waals surface area (Å²) in [7, 11) is 1.77. The first-order chi connectivity index (χ1) is 8.49. The van der Waals surface area contributed by atoms with Crippen LogP contribution in [0.5, 0.6) is 0 Å². The highest BCUT2D eigenvalue weighted by Gasteiger charge is 2.31. The monoisotopic (exact) mass is 269 g/mol. The van der Waals surface area contributed by atoms with Gasteiger partial charge in [-0.15, -0.1) is 0 Å². The van der Waals surface area contributed by atoms with Crippen molar-refractivity contribution in [2.45, 2.75) is 32.4 Å². The maximum atomic E-state index is 12.3. The second-order valence-electron chi connectivity index (χ2n) is 4.51. The minimum Gasteiger partial charge on any atom is -0.376 e. The largest absolute Gasteiger partial charge is 0.376 e. The summed E-state index contributed by atoms with van der Waals surface area (Å²) < 4.78 is 5.47. The van der Waals surface area contributed by atoms with Crippen LogP contribution >= 0.6 is 11.6 Å². The molecule has 6 heteroatoms. The first kappa shape index (κ1) is 13.2. The number of halogens is 1. The van der Waals surface area contributed by atoms with Gasteiger partial charge in [-0.1, -0.05) is 0 Å². The van der Waals surface area contributed by atoms with E-state index in [9.17, 15) is 4.79 Å². The molecule has 0 spiro atoms. The highest BCUT2D eigenvalue weighted by atomic mass is 35.5. The van der Waals surface area contributed by atoms with Gasteiger partial charge in [0.15, 0.2) is 0 Å². The Kier molecular flexibility index (Phi) is 3.82. The zero-order valence-electron chi connectivity index (χ0n) is 10.7. The molecule has 98 valence electrons. The van der Waals surface area contributed by atoms with E-state index in [1.165, 1.54) is 0 Å². The Balaban J connectivity index is 2.19. The van der Waals surface area contributed by atoms with Crippen molar-refractivity contribution >= 4 is 17.5 Å². The van der Waals surface area contributed by atoms with E-state index in [1.54, 1.807) is 24.9 Å². The van der Waals surface area contributed by atoms with E-state index in [1.807, 2.05) is 6.92 Å². The molecule has 0 aromatic carbocycles. The normalized spacial score (nSPS) is 23.1. The Hall–Kier alpha value is -1.20. The van der Waals surface area contributed by atoms with Crippen LogP contribution in [0, 0.1) is 6.92 Å². The molecule has 0 N–H and O–H groups in total. The van der Waals surface area contributed by atoms with Crippen molar-refractivity contribution in [2.75, 3.05) is 13.7 Å². The lowest BCUT2D eigenvalue weighted by atomic mass is 10.1. The molecule has 2 unspecified atom stereocenters. The summed E-state index contributed by atoms with van der Waals surface area (Å²) in [5, 5.41) is 0.0995. The van der Waals surface area contributed by atoms with Crippen LogP contribution < -0.4 is 0 Å². The van der Waals surface area contributed by atoms with Crippen LogP contribution in [0.2, 0.25) is 5.28 Å². The maximum absolute atomic E-state index is 12.3. The van der Waals surface area contributed by atoms with Gasteiger partial charge in [0.25, 0.3) is 5.91 Å². The zero-order valence-corrected chi connectivity index (χ0v) is 11.4. The fourth-order valence-corrected chi connectivity index (χ4v) is 2.43. The van der Waals surface area contributed by atoms with Gasteiger partial charge in [0, 0.05) is 19.3 Å². The molecule has 2 heterocycles. The van der Waals surface area contributed by atoms with Gasteiger partial charge in [0.05, 0.1) is 12.1 Å². The first-order valence-corrected chi connectivity index (χ1v) is 6.27.